The fourth-order valence-corrected chi connectivity index (χ4v) is 3.24. The third kappa shape index (κ3) is 4.94. The smallest absolute Gasteiger partial charge is 0.305 e. The van der Waals surface area contributed by atoms with E-state index < -0.39 is 19.7 Å². The summed E-state index contributed by atoms with van der Waals surface area (Å²) in [4.78, 5) is 0. The zero-order chi connectivity index (χ0) is 12.7. The highest BCUT2D eigenvalue weighted by atomic mass is 127. The average molecular weight is 370 g/mol. The first-order valence-electron chi connectivity index (χ1n) is 5.26. The zero-order valence-electron chi connectivity index (χ0n) is 9.55. The summed E-state index contributed by atoms with van der Waals surface area (Å²) >= 11 is 2.12. The van der Waals surface area contributed by atoms with Crippen LogP contribution in [-0.2, 0) is 13.6 Å². The molecule has 0 rings (SSSR count). The number of hydrogen-bond donors (Lipinski definition) is 0. The average Bonchev–Trinajstić information content (AvgIpc) is 2.18. The Morgan fingerprint density at radius 2 is 1.69 bits per heavy atom. The number of alkyl halides is 3. The number of hydrogen-bond acceptors (Lipinski definition) is 3. The molecule has 0 saturated carbocycles. The Labute approximate surface area is 109 Å². The highest BCUT2D eigenvalue weighted by Gasteiger charge is 2.52. The monoisotopic (exact) mass is 370 g/mol. The second-order valence-electron chi connectivity index (χ2n) is 3.14. The van der Waals surface area contributed by atoms with Gasteiger partial charge in [0.05, 0.1) is 13.2 Å². The van der Waals surface area contributed by atoms with Crippen LogP contribution in [0.3, 0.4) is 0 Å². The molecule has 0 aromatic rings. The first kappa shape index (κ1) is 16.7. The van der Waals surface area contributed by atoms with Crippen molar-refractivity contribution >= 4 is 30.2 Å². The molecule has 0 amide bonds. The van der Waals surface area contributed by atoms with Gasteiger partial charge in [-0.2, -0.15) is 8.78 Å². The molecule has 3 nitrogen and oxygen atoms in total. The zero-order valence-corrected chi connectivity index (χ0v) is 12.6. The van der Waals surface area contributed by atoms with Crippen LogP contribution in [0.25, 0.3) is 0 Å². The lowest BCUT2D eigenvalue weighted by Crippen LogP contribution is -2.20. The quantitative estimate of drug-likeness (QED) is 0.260. The molecule has 7 heteroatoms. The topological polar surface area (TPSA) is 35.5 Å². The SMILES string of the molecule is CCOP(=O)(OCC)C(F)(F)CCCCI. The highest BCUT2D eigenvalue weighted by molar-refractivity contribution is 14.1. The molecule has 0 bridgehead atoms. The van der Waals surface area contributed by atoms with E-state index in [0.29, 0.717) is 12.8 Å². The van der Waals surface area contributed by atoms with E-state index in [1.807, 2.05) is 0 Å². The van der Waals surface area contributed by atoms with Gasteiger partial charge in [0, 0.05) is 6.42 Å². The molecule has 0 heterocycles. The summed E-state index contributed by atoms with van der Waals surface area (Å²) < 4.78 is 49.2. The lowest BCUT2D eigenvalue weighted by molar-refractivity contribution is 0.0299. The van der Waals surface area contributed by atoms with E-state index in [0.717, 1.165) is 4.43 Å². The first-order chi connectivity index (χ1) is 7.43. The Kier molecular flexibility index (Phi) is 8.32. The molecule has 0 N–H and O–H groups in total. The van der Waals surface area contributed by atoms with Crippen LogP contribution < -0.4 is 0 Å². The summed E-state index contributed by atoms with van der Waals surface area (Å²) in [7, 11) is -4.30. The molecule has 0 fully saturated rings. The van der Waals surface area contributed by atoms with Gasteiger partial charge >= 0.3 is 13.3 Å². The molecule has 0 aliphatic heterocycles. The van der Waals surface area contributed by atoms with E-state index in [1.54, 1.807) is 0 Å². The predicted molar refractivity (Wildman–Crippen MR) is 68.5 cm³/mol. The fourth-order valence-electron chi connectivity index (χ4n) is 1.14. The largest absolute Gasteiger partial charge is 0.399 e. The summed E-state index contributed by atoms with van der Waals surface area (Å²) in [6, 6.07) is 0. The summed E-state index contributed by atoms with van der Waals surface area (Å²) in [6.45, 7) is 2.96. The minimum absolute atomic E-state index is 0.0425. The lowest BCUT2D eigenvalue weighted by Gasteiger charge is -2.25. The molecule has 0 unspecified atom stereocenters. The second kappa shape index (κ2) is 7.95. The molecule has 0 spiro atoms. The third-order valence-electron chi connectivity index (χ3n) is 1.86. The van der Waals surface area contributed by atoms with Crippen LogP contribution in [-0.4, -0.2) is 23.3 Å². The minimum Gasteiger partial charge on any atom is -0.305 e. The van der Waals surface area contributed by atoms with E-state index >= 15 is 0 Å². The van der Waals surface area contributed by atoms with E-state index in [-0.39, 0.29) is 13.2 Å². The van der Waals surface area contributed by atoms with Crippen LogP contribution in [0.15, 0.2) is 0 Å². The van der Waals surface area contributed by atoms with E-state index in [9.17, 15) is 13.3 Å². The van der Waals surface area contributed by atoms with Gasteiger partial charge in [0.1, 0.15) is 0 Å². The minimum atomic E-state index is -4.30. The van der Waals surface area contributed by atoms with Crippen molar-refractivity contribution in [1.82, 2.24) is 0 Å². The number of halogens is 3. The lowest BCUT2D eigenvalue weighted by atomic mass is 10.3. The Balaban J connectivity index is 4.54. The maximum absolute atomic E-state index is 13.7. The van der Waals surface area contributed by atoms with Crippen molar-refractivity contribution in [3.05, 3.63) is 0 Å². The highest BCUT2D eigenvalue weighted by Crippen LogP contribution is 2.63. The first-order valence-corrected chi connectivity index (χ1v) is 8.33. The van der Waals surface area contributed by atoms with E-state index in [4.69, 9.17) is 0 Å². The van der Waals surface area contributed by atoms with Gasteiger partial charge in [-0.15, -0.1) is 0 Å². The Morgan fingerprint density at radius 1 is 1.19 bits per heavy atom. The summed E-state index contributed by atoms with van der Waals surface area (Å²) in [5.74, 6) is 0. The third-order valence-corrected chi connectivity index (χ3v) is 4.84. The predicted octanol–water partition coefficient (Wildman–Crippen LogP) is 4.45. The van der Waals surface area contributed by atoms with Crippen molar-refractivity contribution < 1.29 is 22.4 Å². The summed E-state index contributed by atoms with van der Waals surface area (Å²) in [5, 5.41) is 0. The van der Waals surface area contributed by atoms with Crippen molar-refractivity contribution in [1.29, 1.82) is 0 Å². The maximum Gasteiger partial charge on any atom is 0.399 e. The van der Waals surface area contributed by atoms with Crippen LogP contribution in [0.5, 0.6) is 0 Å². The maximum atomic E-state index is 13.7. The molecule has 16 heavy (non-hydrogen) atoms. The molecular formula is C9H18F2IO3P. The van der Waals surface area contributed by atoms with Crippen molar-refractivity contribution in [3.8, 4) is 0 Å². The van der Waals surface area contributed by atoms with Gasteiger partial charge in [0.2, 0.25) is 0 Å². The van der Waals surface area contributed by atoms with Crippen molar-refractivity contribution in [2.45, 2.75) is 38.8 Å². The van der Waals surface area contributed by atoms with Crippen molar-refractivity contribution in [2.75, 3.05) is 17.6 Å². The van der Waals surface area contributed by atoms with E-state index in [2.05, 4.69) is 31.6 Å². The van der Waals surface area contributed by atoms with Crippen LogP contribution in [0.4, 0.5) is 8.78 Å². The van der Waals surface area contributed by atoms with Crippen LogP contribution in [0.2, 0.25) is 0 Å². The van der Waals surface area contributed by atoms with Gasteiger partial charge in [-0.3, -0.25) is 4.57 Å². The van der Waals surface area contributed by atoms with Gasteiger partial charge in [-0.25, -0.2) is 0 Å². The summed E-state index contributed by atoms with van der Waals surface area (Å²) in [5.41, 5.74) is -3.38. The molecule has 0 aromatic heterocycles. The van der Waals surface area contributed by atoms with Gasteiger partial charge in [-0.1, -0.05) is 22.6 Å². The summed E-state index contributed by atoms with van der Waals surface area (Å²) in [6.07, 6.45) is 0.543. The van der Waals surface area contributed by atoms with Gasteiger partial charge in [-0.05, 0) is 31.1 Å². The normalized spacial score (nSPS) is 13.1. The molecule has 0 radical (unpaired) electrons. The number of unbranched alkanes of at least 4 members (excludes halogenated alkanes) is 1. The second-order valence-corrected chi connectivity index (χ2v) is 6.39. The van der Waals surface area contributed by atoms with Crippen molar-refractivity contribution in [2.24, 2.45) is 0 Å². The van der Waals surface area contributed by atoms with Gasteiger partial charge in [0.25, 0.3) is 0 Å². The molecule has 0 aromatic carbocycles. The standard InChI is InChI=1S/C9H18F2IO3P/c1-3-14-16(13,15-4-2)9(10,11)7-5-6-8-12/h3-8H2,1-2H3. The Hall–Kier alpha value is 0.740. The van der Waals surface area contributed by atoms with Crippen LogP contribution in [0, 0.1) is 0 Å². The Morgan fingerprint density at radius 3 is 2.06 bits per heavy atom. The fraction of sp³-hybridized carbons (Fsp3) is 1.00. The Bertz CT molecular complexity index is 229. The van der Waals surface area contributed by atoms with Gasteiger partial charge in [0.15, 0.2) is 0 Å². The van der Waals surface area contributed by atoms with Crippen LogP contribution in [0.1, 0.15) is 33.1 Å². The molecular weight excluding hydrogens is 352 g/mol. The molecule has 98 valence electrons. The molecule has 0 atom stereocenters. The van der Waals surface area contributed by atoms with Crippen molar-refractivity contribution in [3.63, 3.8) is 0 Å². The van der Waals surface area contributed by atoms with Gasteiger partial charge < -0.3 is 9.05 Å². The molecule has 0 aliphatic carbocycles. The molecule has 0 aliphatic rings. The van der Waals surface area contributed by atoms with E-state index in [1.165, 1.54) is 13.8 Å². The molecule has 0 saturated heterocycles. The van der Waals surface area contributed by atoms with Crippen LogP contribution >= 0.6 is 30.2 Å². The number of rotatable bonds is 9.